The maximum absolute atomic E-state index is 8.95. The molecule has 2 aromatic rings. The predicted octanol–water partition coefficient (Wildman–Crippen LogP) is 3.11. The zero-order valence-electron chi connectivity index (χ0n) is 12.0. The number of benzene rings is 1. The summed E-state index contributed by atoms with van der Waals surface area (Å²) in [6.07, 6.45) is 0. The minimum Gasteiger partial charge on any atom is -0.438 e. The summed E-state index contributed by atoms with van der Waals surface area (Å²) < 4.78 is 5.86. The van der Waals surface area contributed by atoms with Gasteiger partial charge in [-0.05, 0) is 44.0 Å². The number of hydrogen-bond donors (Lipinski definition) is 1. The summed E-state index contributed by atoms with van der Waals surface area (Å²) in [7, 11) is 1.80. The van der Waals surface area contributed by atoms with Crippen molar-refractivity contribution in [1.29, 1.82) is 5.26 Å². The van der Waals surface area contributed by atoms with Gasteiger partial charge in [-0.2, -0.15) is 10.2 Å². The molecule has 1 aromatic carbocycles. The van der Waals surface area contributed by atoms with Crippen LogP contribution in [0.1, 0.15) is 22.5 Å². The average molecular weight is 268 g/mol. The number of nitriles is 1. The minimum absolute atomic E-state index is 0.484. The SMILES string of the molecule is CNc1cc(Oc2c(C)cc(C#N)cc2C)nc(C)n1. The molecule has 0 bridgehead atoms. The molecule has 20 heavy (non-hydrogen) atoms. The van der Waals surface area contributed by atoms with Gasteiger partial charge in [0.15, 0.2) is 0 Å². The molecule has 1 aromatic heterocycles. The van der Waals surface area contributed by atoms with E-state index in [1.54, 1.807) is 25.2 Å². The van der Waals surface area contributed by atoms with E-state index in [0.717, 1.165) is 16.9 Å². The van der Waals surface area contributed by atoms with Crippen LogP contribution in [0.4, 0.5) is 5.82 Å². The van der Waals surface area contributed by atoms with E-state index in [4.69, 9.17) is 10.00 Å². The number of nitrogens with zero attached hydrogens (tertiary/aromatic N) is 3. The van der Waals surface area contributed by atoms with Crippen LogP contribution in [0.15, 0.2) is 18.2 Å². The zero-order chi connectivity index (χ0) is 14.7. The van der Waals surface area contributed by atoms with E-state index in [0.29, 0.717) is 23.1 Å². The van der Waals surface area contributed by atoms with E-state index >= 15 is 0 Å². The monoisotopic (exact) mass is 268 g/mol. The molecular weight excluding hydrogens is 252 g/mol. The van der Waals surface area contributed by atoms with Gasteiger partial charge < -0.3 is 10.1 Å². The molecule has 0 saturated heterocycles. The van der Waals surface area contributed by atoms with Gasteiger partial charge in [0.2, 0.25) is 5.88 Å². The largest absolute Gasteiger partial charge is 0.438 e. The number of ether oxygens (including phenoxy) is 1. The van der Waals surface area contributed by atoms with E-state index in [1.165, 1.54) is 0 Å². The zero-order valence-corrected chi connectivity index (χ0v) is 12.0. The highest BCUT2D eigenvalue weighted by molar-refractivity contribution is 5.49. The Morgan fingerprint density at radius 1 is 1.10 bits per heavy atom. The van der Waals surface area contributed by atoms with Crippen molar-refractivity contribution in [2.24, 2.45) is 0 Å². The summed E-state index contributed by atoms with van der Waals surface area (Å²) in [5, 5.41) is 11.9. The summed E-state index contributed by atoms with van der Waals surface area (Å²) >= 11 is 0. The number of anilines is 1. The van der Waals surface area contributed by atoms with E-state index < -0.39 is 0 Å². The van der Waals surface area contributed by atoms with Crippen molar-refractivity contribution in [1.82, 2.24) is 9.97 Å². The van der Waals surface area contributed by atoms with Gasteiger partial charge in [0, 0.05) is 13.1 Å². The van der Waals surface area contributed by atoms with Gasteiger partial charge in [-0.25, -0.2) is 4.98 Å². The third-order valence-corrected chi connectivity index (χ3v) is 2.87. The first kappa shape index (κ1) is 13.8. The molecule has 0 spiro atoms. The Bertz CT molecular complexity index is 666. The molecular formula is C15H16N4O. The van der Waals surface area contributed by atoms with Gasteiger partial charge in [0.1, 0.15) is 17.4 Å². The van der Waals surface area contributed by atoms with Crippen molar-refractivity contribution in [2.75, 3.05) is 12.4 Å². The standard InChI is InChI=1S/C15H16N4O/c1-9-5-12(8-16)6-10(2)15(9)20-14-7-13(17-4)18-11(3)19-14/h5-7H,1-4H3,(H,17,18,19). The highest BCUT2D eigenvalue weighted by Gasteiger charge is 2.10. The average Bonchev–Trinajstić information content (AvgIpc) is 2.41. The van der Waals surface area contributed by atoms with Crippen molar-refractivity contribution < 1.29 is 4.74 Å². The molecule has 0 amide bonds. The normalized spacial score (nSPS) is 9.95. The van der Waals surface area contributed by atoms with Crippen LogP contribution >= 0.6 is 0 Å². The molecule has 0 saturated carbocycles. The lowest BCUT2D eigenvalue weighted by atomic mass is 10.1. The fourth-order valence-corrected chi connectivity index (χ4v) is 2.00. The van der Waals surface area contributed by atoms with Gasteiger partial charge in [0.05, 0.1) is 11.6 Å². The molecule has 0 aliphatic carbocycles. The predicted molar refractivity (Wildman–Crippen MR) is 77.0 cm³/mol. The fourth-order valence-electron chi connectivity index (χ4n) is 2.00. The number of aromatic nitrogens is 2. The van der Waals surface area contributed by atoms with Crippen LogP contribution in [0.5, 0.6) is 11.6 Å². The van der Waals surface area contributed by atoms with Crippen LogP contribution in [0.25, 0.3) is 0 Å². The van der Waals surface area contributed by atoms with Crippen molar-refractivity contribution in [3.05, 3.63) is 40.7 Å². The van der Waals surface area contributed by atoms with Crippen molar-refractivity contribution in [3.8, 4) is 17.7 Å². The van der Waals surface area contributed by atoms with Crippen molar-refractivity contribution in [2.45, 2.75) is 20.8 Å². The molecule has 0 radical (unpaired) electrons. The summed E-state index contributed by atoms with van der Waals surface area (Å²) in [4.78, 5) is 8.48. The van der Waals surface area contributed by atoms with Crippen LogP contribution < -0.4 is 10.1 Å². The third-order valence-electron chi connectivity index (χ3n) is 2.87. The van der Waals surface area contributed by atoms with Crippen LogP contribution in [0.2, 0.25) is 0 Å². The van der Waals surface area contributed by atoms with E-state index in [9.17, 15) is 0 Å². The van der Waals surface area contributed by atoms with Gasteiger partial charge in [-0.1, -0.05) is 0 Å². The molecule has 1 N–H and O–H groups in total. The number of nitrogens with one attached hydrogen (secondary N) is 1. The third kappa shape index (κ3) is 2.86. The second-order valence-electron chi connectivity index (χ2n) is 4.54. The molecule has 1 heterocycles. The molecule has 0 aliphatic heterocycles. The van der Waals surface area contributed by atoms with Crippen molar-refractivity contribution >= 4 is 5.82 Å². The first-order chi connectivity index (χ1) is 9.53. The van der Waals surface area contributed by atoms with Gasteiger partial charge in [0.25, 0.3) is 0 Å². The topological polar surface area (TPSA) is 70.8 Å². The van der Waals surface area contributed by atoms with Gasteiger partial charge in [-0.3, -0.25) is 0 Å². The lowest BCUT2D eigenvalue weighted by molar-refractivity contribution is 0.453. The molecule has 102 valence electrons. The van der Waals surface area contributed by atoms with Gasteiger partial charge in [-0.15, -0.1) is 0 Å². The molecule has 0 atom stereocenters. The smallest absolute Gasteiger partial charge is 0.224 e. The van der Waals surface area contributed by atoms with E-state index in [-0.39, 0.29) is 0 Å². The summed E-state index contributed by atoms with van der Waals surface area (Å²) in [5.41, 5.74) is 2.44. The second-order valence-corrected chi connectivity index (χ2v) is 4.54. The first-order valence-corrected chi connectivity index (χ1v) is 6.26. The highest BCUT2D eigenvalue weighted by Crippen LogP contribution is 2.29. The molecule has 5 heteroatoms. The van der Waals surface area contributed by atoms with Crippen molar-refractivity contribution in [3.63, 3.8) is 0 Å². The quantitative estimate of drug-likeness (QED) is 0.926. The molecule has 0 aliphatic rings. The fraction of sp³-hybridized carbons (Fsp3) is 0.267. The molecule has 5 nitrogen and oxygen atoms in total. The Labute approximate surface area is 118 Å². The van der Waals surface area contributed by atoms with Crippen LogP contribution in [-0.2, 0) is 0 Å². The number of rotatable bonds is 3. The summed E-state index contributed by atoms with van der Waals surface area (Å²) in [5.74, 6) is 2.55. The van der Waals surface area contributed by atoms with Crippen LogP contribution in [-0.4, -0.2) is 17.0 Å². The van der Waals surface area contributed by atoms with Crippen LogP contribution in [0, 0.1) is 32.1 Å². The van der Waals surface area contributed by atoms with Gasteiger partial charge >= 0.3 is 0 Å². The summed E-state index contributed by atoms with van der Waals surface area (Å²) in [6, 6.07) is 7.48. The second kappa shape index (κ2) is 5.57. The number of hydrogen-bond acceptors (Lipinski definition) is 5. The molecule has 2 rings (SSSR count). The lowest BCUT2D eigenvalue weighted by Gasteiger charge is -2.12. The maximum Gasteiger partial charge on any atom is 0.224 e. The maximum atomic E-state index is 8.95. The molecule has 0 unspecified atom stereocenters. The Balaban J connectivity index is 2.40. The lowest BCUT2D eigenvalue weighted by Crippen LogP contribution is -2.00. The Kier molecular flexibility index (Phi) is 3.85. The van der Waals surface area contributed by atoms with Crippen LogP contribution in [0.3, 0.4) is 0 Å². The van der Waals surface area contributed by atoms with E-state index in [1.807, 2.05) is 20.8 Å². The Morgan fingerprint density at radius 3 is 2.30 bits per heavy atom. The molecule has 0 fully saturated rings. The Hall–Kier alpha value is -2.61. The first-order valence-electron chi connectivity index (χ1n) is 6.26. The number of aryl methyl sites for hydroxylation is 3. The minimum atomic E-state index is 0.484. The van der Waals surface area contributed by atoms with E-state index in [2.05, 4.69) is 21.4 Å². The highest BCUT2D eigenvalue weighted by atomic mass is 16.5. The summed E-state index contributed by atoms with van der Waals surface area (Å²) in [6.45, 7) is 5.64. The Morgan fingerprint density at radius 2 is 1.75 bits per heavy atom.